The molecule has 2 rings (SSSR count). The molecule has 2 aliphatic rings. The molecule has 0 aromatic carbocycles. The minimum atomic E-state index is -0.0216. The average Bonchev–Trinajstić information content (AvgIpc) is 2.91. The molecule has 110 valence electrons. The summed E-state index contributed by atoms with van der Waals surface area (Å²) in [6, 6.07) is 0. The maximum Gasteiger partial charge on any atom is 0.205 e. The van der Waals surface area contributed by atoms with Crippen molar-refractivity contribution >= 4 is 11.9 Å². The average molecular weight is 275 g/mol. The summed E-state index contributed by atoms with van der Waals surface area (Å²) in [6.45, 7) is 2.99. The van der Waals surface area contributed by atoms with Gasteiger partial charge in [-0.1, -0.05) is 23.8 Å². The van der Waals surface area contributed by atoms with Gasteiger partial charge in [0.25, 0.3) is 0 Å². The molecule has 5 heteroatoms. The van der Waals surface area contributed by atoms with Crippen LogP contribution in [0.1, 0.15) is 19.8 Å². The van der Waals surface area contributed by atoms with Gasteiger partial charge in [-0.05, 0) is 19.8 Å². The van der Waals surface area contributed by atoms with Crippen molar-refractivity contribution in [2.75, 3.05) is 34.7 Å². The summed E-state index contributed by atoms with van der Waals surface area (Å²) in [7, 11) is 8.15. The number of hydrogen-bond donors (Lipinski definition) is 0. The van der Waals surface area contributed by atoms with Gasteiger partial charge in [0.05, 0.1) is 0 Å². The van der Waals surface area contributed by atoms with Crippen LogP contribution >= 0.6 is 0 Å². The first-order chi connectivity index (χ1) is 9.49. The van der Waals surface area contributed by atoms with E-state index >= 15 is 0 Å². The lowest BCUT2D eigenvalue weighted by molar-refractivity contribution is 0.412. The maximum atomic E-state index is 4.66. The summed E-state index contributed by atoms with van der Waals surface area (Å²) >= 11 is 0. The fourth-order valence-corrected chi connectivity index (χ4v) is 2.48. The molecule has 1 aliphatic carbocycles. The first-order valence-electron chi connectivity index (χ1n) is 7.12. The largest absolute Gasteiger partial charge is 0.349 e. The highest BCUT2D eigenvalue weighted by Gasteiger charge is 2.24. The van der Waals surface area contributed by atoms with Gasteiger partial charge in [0.1, 0.15) is 6.17 Å². The predicted octanol–water partition coefficient (Wildman–Crippen LogP) is 1.76. The summed E-state index contributed by atoms with van der Waals surface area (Å²) in [5.74, 6) is 1.94. The second kappa shape index (κ2) is 6.11. The SMILES string of the molecule is CC1N=C(N(C)C)N(C)C(N(C)CCC2=CCC=C2)=N1. The van der Waals surface area contributed by atoms with E-state index in [4.69, 9.17) is 0 Å². The van der Waals surface area contributed by atoms with Crippen LogP contribution in [-0.2, 0) is 0 Å². The van der Waals surface area contributed by atoms with Crippen LogP contribution in [0, 0.1) is 0 Å². The highest BCUT2D eigenvalue weighted by atomic mass is 15.5. The zero-order chi connectivity index (χ0) is 14.7. The molecule has 1 aliphatic heterocycles. The van der Waals surface area contributed by atoms with Crippen molar-refractivity contribution in [2.45, 2.75) is 25.9 Å². The zero-order valence-electron chi connectivity index (χ0n) is 13.2. The molecule has 0 aromatic rings. The summed E-state index contributed by atoms with van der Waals surface area (Å²) in [5, 5.41) is 0. The maximum absolute atomic E-state index is 4.66. The van der Waals surface area contributed by atoms with E-state index in [0.29, 0.717) is 0 Å². The van der Waals surface area contributed by atoms with Crippen molar-refractivity contribution in [3.8, 4) is 0 Å². The molecule has 0 saturated heterocycles. The van der Waals surface area contributed by atoms with Crippen LogP contribution in [0.15, 0.2) is 33.8 Å². The Kier molecular flexibility index (Phi) is 4.47. The molecule has 5 nitrogen and oxygen atoms in total. The van der Waals surface area contributed by atoms with Gasteiger partial charge in [-0.15, -0.1) is 0 Å². The molecule has 0 saturated carbocycles. The summed E-state index contributed by atoms with van der Waals surface area (Å²) in [5.41, 5.74) is 1.42. The van der Waals surface area contributed by atoms with Crippen LogP contribution < -0.4 is 0 Å². The molecule has 1 unspecified atom stereocenters. The molecule has 0 bridgehead atoms. The van der Waals surface area contributed by atoms with E-state index in [-0.39, 0.29) is 6.17 Å². The van der Waals surface area contributed by atoms with E-state index < -0.39 is 0 Å². The molecule has 0 aromatic heterocycles. The second-order valence-corrected chi connectivity index (χ2v) is 5.53. The lowest BCUT2D eigenvalue weighted by Gasteiger charge is -2.35. The Labute approximate surface area is 122 Å². The molecule has 20 heavy (non-hydrogen) atoms. The number of hydrogen-bond acceptors (Lipinski definition) is 5. The molecular weight excluding hydrogens is 250 g/mol. The molecular formula is C15H25N5. The Morgan fingerprint density at radius 2 is 1.95 bits per heavy atom. The van der Waals surface area contributed by atoms with Crippen LogP contribution in [0.25, 0.3) is 0 Å². The van der Waals surface area contributed by atoms with Gasteiger partial charge in [-0.3, -0.25) is 4.90 Å². The number of rotatable bonds is 3. The van der Waals surface area contributed by atoms with Gasteiger partial charge in [-0.2, -0.15) is 0 Å². The molecule has 0 amide bonds. The van der Waals surface area contributed by atoms with Gasteiger partial charge < -0.3 is 9.80 Å². The first-order valence-corrected chi connectivity index (χ1v) is 7.12. The zero-order valence-corrected chi connectivity index (χ0v) is 13.2. The number of aliphatic imine (C=N–C) groups is 2. The molecule has 1 atom stereocenters. The Hall–Kier alpha value is -1.78. The van der Waals surface area contributed by atoms with E-state index in [1.807, 2.05) is 33.0 Å². The minimum absolute atomic E-state index is 0.0216. The topological polar surface area (TPSA) is 34.4 Å². The van der Waals surface area contributed by atoms with Crippen LogP contribution in [-0.4, -0.2) is 67.5 Å². The third-order valence-corrected chi connectivity index (χ3v) is 3.53. The fourth-order valence-electron chi connectivity index (χ4n) is 2.48. The third-order valence-electron chi connectivity index (χ3n) is 3.53. The van der Waals surface area contributed by atoms with Crippen molar-refractivity contribution in [1.29, 1.82) is 0 Å². The van der Waals surface area contributed by atoms with E-state index in [1.165, 1.54) is 5.57 Å². The van der Waals surface area contributed by atoms with Crippen LogP contribution in [0.2, 0.25) is 0 Å². The highest BCUT2D eigenvalue weighted by Crippen LogP contribution is 2.15. The quantitative estimate of drug-likeness (QED) is 0.787. The molecule has 0 spiro atoms. The Balaban J connectivity index is 2.01. The highest BCUT2D eigenvalue weighted by molar-refractivity contribution is 5.99. The van der Waals surface area contributed by atoms with Crippen molar-refractivity contribution in [1.82, 2.24) is 14.7 Å². The van der Waals surface area contributed by atoms with E-state index in [0.717, 1.165) is 31.3 Å². The lowest BCUT2D eigenvalue weighted by atomic mass is 10.2. The van der Waals surface area contributed by atoms with Gasteiger partial charge in [-0.25, -0.2) is 9.98 Å². The summed E-state index contributed by atoms with van der Waals surface area (Å²) < 4.78 is 0. The molecule has 0 N–H and O–H groups in total. The van der Waals surface area contributed by atoms with Crippen LogP contribution in [0.4, 0.5) is 0 Å². The Morgan fingerprint density at radius 1 is 1.25 bits per heavy atom. The van der Waals surface area contributed by atoms with Gasteiger partial charge in [0.15, 0.2) is 0 Å². The van der Waals surface area contributed by atoms with Gasteiger partial charge in [0.2, 0.25) is 11.9 Å². The number of allylic oxidation sites excluding steroid dienone is 3. The van der Waals surface area contributed by atoms with Crippen molar-refractivity contribution in [3.63, 3.8) is 0 Å². The van der Waals surface area contributed by atoms with Crippen LogP contribution in [0.5, 0.6) is 0 Å². The molecule has 0 fully saturated rings. The predicted molar refractivity (Wildman–Crippen MR) is 84.9 cm³/mol. The normalized spacial score (nSPS) is 21.6. The van der Waals surface area contributed by atoms with Crippen molar-refractivity contribution < 1.29 is 0 Å². The fraction of sp³-hybridized carbons (Fsp3) is 0.600. The van der Waals surface area contributed by atoms with E-state index in [9.17, 15) is 0 Å². The summed E-state index contributed by atoms with van der Waals surface area (Å²) in [6.07, 6.45) is 8.83. The van der Waals surface area contributed by atoms with E-state index in [2.05, 4.69) is 45.1 Å². The Bertz CT molecular complexity index is 473. The second-order valence-electron chi connectivity index (χ2n) is 5.53. The first kappa shape index (κ1) is 14.6. The van der Waals surface area contributed by atoms with Crippen LogP contribution in [0.3, 0.4) is 0 Å². The summed E-state index contributed by atoms with van der Waals surface area (Å²) in [4.78, 5) is 15.5. The minimum Gasteiger partial charge on any atom is -0.349 e. The molecule has 1 heterocycles. The number of nitrogens with zero attached hydrogens (tertiary/aromatic N) is 5. The van der Waals surface area contributed by atoms with Crippen molar-refractivity contribution in [2.24, 2.45) is 9.98 Å². The monoisotopic (exact) mass is 275 g/mol. The molecule has 0 radical (unpaired) electrons. The Morgan fingerprint density at radius 3 is 2.55 bits per heavy atom. The van der Waals surface area contributed by atoms with Gasteiger partial charge in [0, 0.05) is 34.7 Å². The van der Waals surface area contributed by atoms with Crippen molar-refractivity contribution in [3.05, 3.63) is 23.8 Å². The standard InChI is InChI=1S/C15H25N5/c1-12-16-14(18(2)3)20(5)15(17-12)19(4)11-10-13-8-6-7-9-13/h6,8-9,12H,7,10-11H2,1-5H3. The van der Waals surface area contributed by atoms with Gasteiger partial charge >= 0.3 is 0 Å². The number of guanidine groups is 2. The third kappa shape index (κ3) is 3.21. The lowest BCUT2D eigenvalue weighted by Crippen LogP contribution is -2.51. The smallest absolute Gasteiger partial charge is 0.205 e. The van der Waals surface area contributed by atoms with E-state index in [1.54, 1.807) is 0 Å².